The smallest absolute Gasteiger partial charge is 0.163 e. The fraction of sp³-hybridized carbons (Fsp3) is 0.438. The molecule has 0 bridgehead atoms. The number of hydrogen-bond acceptors (Lipinski definition) is 2. The van der Waals surface area contributed by atoms with Crippen LogP contribution in [-0.4, -0.2) is 12.8 Å². The third-order valence-corrected chi connectivity index (χ3v) is 3.60. The lowest BCUT2D eigenvalue weighted by atomic mass is 10.0. The highest BCUT2D eigenvalue weighted by Gasteiger charge is 2.28. The third-order valence-electron chi connectivity index (χ3n) is 3.60. The normalized spacial score (nSPS) is 21.6. The summed E-state index contributed by atoms with van der Waals surface area (Å²) >= 11 is 0. The number of anilines is 1. The second-order valence-electron chi connectivity index (χ2n) is 4.99. The van der Waals surface area contributed by atoms with E-state index in [9.17, 15) is 4.79 Å². The first-order valence-corrected chi connectivity index (χ1v) is 6.75. The minimum atomic E-state index is 0.269. The van der Waals surface area contributed by atoms with Gasteiger partial charge in [-0.3, -0.25) is 4.79 Å². The van der Waals surface area contributed by atoms with Crippen LogP contribution in [0.5, 0.6) is 0 Å². The summed E-state index contributed by atoms with van der Waals surface area (Å²) in [7, 11) is 2.00. The highest BCUT2D eigenvalue weighted by Crippen LogP contribution is 2.30. The first-order valence-electron chi connectivity index (χ1n) is 6.75. The fourth-order valence-electron chi connectivity index (χ4n) is 2.57. The monoisotopic (exact) mass is 243 g/mol. The van der Waals surface area contributed by atoms with E-state index in [0.29, 0.717) is 5.78 Å². The highest BCUT2D eigenvalue weighted by atomic mass is 16.1. The van der Waals surface area contributed by atoms with Gasteiger partial charge < -0.3 is 4.90 Å². The van der Waals surface area contributed by atoms with Crippen molar-refractivity contribution in [2.75, 3.05) is 11.9 Å². The Bertz CT molecular complexity index is 436. The maximum atomic E-state index is 12.2. The summed E-state index contributed by atoms with van der Waals surface area (Å²) in [5, 5.41) is 0. The van der Waals surface area contributed by atoms with Crippen molar-refractivity contribution in [1.82, 2.24) is 0 Å². The molecule has 0 amide bonds. The zero-order valence-electron chi connectivity index (χ0n) is 11.2. The predicted octanol–water partition coefficient (Wildman–Crippen LogP) is 3.79. The maximum absolute atomic E-state index is 12.2. The summed E-state index contributed by atoms with van der Waals surface area (Å²) in [5.74, 6) is 0.630. The Morgan fingerprint density at radius 2 is 2.06 bits per heavy atom. The van der Waals surface area contributed by atoms with E-state index >= 15 is 0 Å². The number of Topliss-reactive ketones (excluding diaryl/α,β-unsaturated/α-hetero) is 1. The summed E-state index contributed by atoms with van der Waals surface area (Å²) in [5.41, 5.74) is 2.11. The summed E-state index contributed by atoms with van der Waals surface area (Å²) in [6.45, 7) is 2.14. The van der Waals surface area contributed by atoms with Gasteiger partial charge in [-0.2, -0.15) is 0 Å². The van der Waals surface area contributed by atoms with Gasteiger partial charge in [0.25, 0.3) is 0 Å². The first-order chi connectivity index (χ1) is 8.72. The SMILES string of the molecule is CCCC1CC/C(=C/N(C)c2ccccc2)C1=O. The Morgan fingerprint density at radius 1 is 1.33 bits per heavy atom. The lowest BCUT2D eigenvalue weighted by Crippen LogP contribution is -2.13. The molecule has 1 aliphatic rings. The standard InChI is InChI=1S/C16H21NO/c1-3-7-13-10-11-14(16(13)18)12-17(2)15-8-5-4-6-9-15/h4-6,8-9,12-13H,3,7,10-11H2,1-2H3/b14-12-. The molecule has 2 heteroatoms. The molecule has 1 fully saturated rings. The van der Waals surface area contributed by atoms with Gasteiger partial charge in [-0.1, -0.05) is 31.5 Å². The maximum Gasteiger partial charge on any atom is 0.163 e. The van der Waals surface area contributed by atoms with Crippen molar-refractivity contribution in [1.29, 1.82) is 0 Å². The molecular formula is C16H21NO. The molecule has 96 valence electrons. The number of carbonyl (C=O) groups excluding carboxylic acids is 1. The summed E-state index contributed by atoms with van der Waals surface area (Å²) in [6.07, 6.45) is 6.10. The van der Waals surface area contributed by atoms with Gasteiger partial charge in [0.05, 0.1) is 0 Å². The number of rotatable bonds is 4. The molecule has 0 aliphatic heterocycles. The summed E-state index contributed by atoms with van der Waals surface area (Å²) < 4.78 is 0. The molecule has 1 saturated carbocycles. The van der Waals surface area contributed by atoms with Gasteiger partial charge in [0.1, 0.15) is 0 Å². The number of carbonyl (C=O) groups is 1. The van der Waals surface area contributed by atoms with E-state index in [2.05, 4.69) is 19.1 Å². The molecular weight excluding hydrogens is 222 g/mol. The zero-order valence-corrected chi connectivity index (χ0v) is 11.2. The van der Waals surface area contributed by atoms with Gasteiger partial charge in [0.15, 0.2) is 5.78 Å². The van der Waals surface area contributed by atoms with E-state index in [4.69, 9.17) is 0 Å². The van der Waals surface area contributed by atoms with Crippen LogP contribution in [0.25, 0.3) is 0 Å². The molecule has 2 rings (SSSR count). The van der Waals surface area contributed by atoms with E-state index in [-0.39, 0.29) is 5.92 Å². The number of nitrogens with zero attached hydrogens (tertiary/aromatic N) is 1. The Hall–Kier alpha value is -1.57. The molecule has 0 aromatic heterocycles. The minimum absolute atomic E-state index is 0.269. The van der Waals surface area contributed by atoms with Crippen molar-refractivity contribution in [2.45, 2.75) is 32.6 Å². The average Bonchev–Trinajstić information content (AvgIpc) is 2.73. The molecule has 0 radical (unpaired) electrons. The topological polar surface area (TPSA) is 20.3 Å². The molecule has 18 heavy (non-hydrogen) atoms. The highest BCUT2D eigenvalue weighted by molar-refractivity contribution is 5.99. The first kappa shape index (κ1) is 12.9. The lowest BCUT2D eigenvalue weighted by molar-refractivity contribution is -0.118. The van der Waals surface area contributed by atoms with E-state index in [1.807, 2.05) is 36.3 Å². The van der Waals surface area contributed by atoms with Crippen molar-refractivity contribution < 1.29 is 4.79 Å². The molecule has 0 heterocycles. The Labute approximate surface area is 109 Å². The quantitative estimate of drug-likeness (QED) is 0.750. The molecule has 1 aliphatic carbocycles. The van der Waals surface area contributed by atoms with E-state index in [1.54, 1.807) is 0 Å². The Morgan fingerprint density at radius 3 is 2.72 bits per heavy atom. The van der Waals surface area contributed by atoms with Gasteiger partial charge >= 0.3 is 0 Å². The zero-order chi connectivity index (χ0) is 13.0. The molecule has 0 N–H and O–H groups in total. The van der Waals surface area contributed by atoms with Crippen LogP contribution in [0, 0.1) is 5.92 Å². The summed E-state index contributed by atoms with van der Waals surface area (Å²) in [6, 6.07) is 10.1. The Balaban J connectivity index is 2.08. The second kappa shape index (κ2) is 5.85. The van der Waals surface area contributed by atoms with Gasteiger partial charge in [-0.05, 0) is 31.4 Å². The predicted molar refractivity (Wildman–Crippen MR) is 75.6 cm³/mol. The van der Waals surface area contributed by atoms with Crippen molar-refractivity contribution in [3.63, 3.8) is 0 Å². The van der Waals surface area contributed by atoms with Gasteiger partial charge in [-0.15, -0.1) is 0 Å². The molecule has 1 aromatic carbocycles. The second-order valence-corrected chi connectivity index (χ2v) is 4.99. The van der Waals surface area contributed by atoms with Crippen LogP contribution in [0.4, 0.5) is 5.69 Å². The van der Waals surface area contributed by atoms with Gasteiger partial charge in [0, 0.05) is 30.4 Å². The largest absolute Gasteiger partial charge is 0.351 e. The number of para-hydroxylation sites is 1. The van der Waals surface area contributed by atoms with Crippen LogP contribution in [-0.2, 0) is 4.79 Å². The Kier molecular flexibility index (Phi) is 4.19. The molecule has 0 saturated heterocycles. The van der Waals surface area contributed by atoms with Crippen LogP contribution < -0.4 is 4.90 Å². The van der Waals surface area contributed by atoms with Crippen LogP contribution in [0.1, 0.15) is 32.6 Å². The number of hydrogen-bond donors (Lipinski definition) is 0. The van der Waals surface area contributed by atoms with Crippen LogP contribution in [0.15, 0.2) is 42.1 Å². The van der Waals surface area contributed by atoms with Crippen molar-refractivity contribution in [3.05, 3.63) is 42.1 Å². The third kappa shape index (κ3) is 2.81. The summed E-state index contributed by atoms with van der Waals surface area (Å²) in [4.78, 5) is 14.2. The van der Waals surface area contributed by atoms with Crippen LogP contribution in [0.2, 0.25) is 0 Å². The van der Waals surface area contributed by atoms with Gasteiger partial charge in [-0.25, -0.2) is 0 Å². The van der Waals surface area contributed by atoms with Crippen molar-refractivity contribution >= 4 is 11.5 Å². The molecule has 1 aromatic rings. The lowest BCUT2D eigenvalue weighted by Gasteiger charge is -2.15. The molecule has 1 unspecified atom stereocenters. The van der Waals surface area contributed by atoms with Crippen molar-refractivity contribution in [3.8, 4) is 0 Å². The number of ketones is 1. The minimum Gasteiger partial charge on any atom is -0.351 e. The van der Waals surface area contributed by atoms with E-state index in [1.165, 1.54) is 0 Å². The molecule has 2 nitrogen and oxygen atoms in total. The van der Waals surface area contributed by atoms with Gasteiger partial charge in [0.2, 0.25) is 0 Å². The van der Waals surface area contributed by atoms with E-state index in [0.717, 1.165) is 36.9 Å². The molecule has 0 spiro atoms. The van der Waals surface area contributed by atoms with Crippen LogP contribution >= 0.6 is 0 Å². The molecule has 1 atom stereocenters. The number of allylic oxidation sites excluding steroid dienone is 1. The van der Waals surface area contributed by atoms with Crippen LogP contribution in [0.3, 0.4) is 0 Å². The fourth-order valence-corrected chi connectivity index (χ4v) is 2.57. The van der Waals surface area contributed by atoms with Crippen molar-refractivity contribution in [2.24, 2.45) is 5.92 Å². The number of benzene rings is 1. The average molecular weight is 243 g/mol. The van der Waals surface area contributed by atoms with E-state index < -0.39 is 0 Å².